The quantitative estimate of drug-likeness (QED) is 0.643. The largest absolute Gasteiger partial charge is 0.462 e. The molecule has 1 aromatic rings. The van der Waals surface area contributed by atoms with E-state index in [4.69, 9.17) is 10.5 Å². The molecule has 0 bridgehead atoms. The Bertz CT molecular complexity index is 499. The second kappa shape index (κ2) is 7.29. The number of nitrogens with two attached hydrogens (primary N) is 1. The van der Waals surface area contributed by atoms with Gasteiger partial charge in [-0.1, -0.05) is 19.3 Å². The summed E-state index contributed by atoms with van der Waals surface area (Å²) < 4.78 is 18.9. The topological polar surface area (TPSA) is 64.3 Å². The maximum atomic E-state index is 13.9. The Kier molecular flexibility index (Phi) is 5.42. The summed E-state index contributed by atoms with van der Waals surface area (Å²) in [7, 11) is 0. The Morgan fingerprint density at radius 3 is 2.76 bits per heavy atom. The lowest BCUT2D eigenvalue weighted by Crippen LogP contribution is -2.18. The number of rotatable bonds is 5. The highest BCUT2D eigenvalue weighted by atomic mass is 19.1. The van der Waals surface area contributed by atoms with Crippen LogP contribution in [-0.4, -0.2) is 19.1 Å². The van der Waals surface area contributed by atoms with Gasteiger partial charge in [-0.05, 0) is 37.8 Å². The second-order valence-corrected chi connectivity index (χ2v) is 5.52. The molecule has 0 aromatic heterocycles. The Labute approximate surface area is 124 Å². The van der Waals surface area contributed by atoms with Crippen molar-refractivity contribution in [1.29, 1.82) is 0 Å². The van der Waals surface area contributed by atoms with Crippen LogP contribution in [0, 0.1) is 11.7 Å². The SMILES string of the molecule is CCOC(=O)c1cc(NCC2CCCCC2)c(F)cc1N. The minimum atomic E-state index is -0.518. The highest BCUT2D eigenvalue weighted by Gasteiger charge is 2.17. The first-order chi connectivity index (χ1) is 10.1. The first kappa shape index (κ1) is 15.6. The predicted octanol–water partition coefficient (Wildman–Crippen LogP) is 3.58. The van der Waals surface area contributed by atoms with Gasteiger partial charge in [-0.25, -0.2) is 9.18 Å². The number of nitrogens with one attached hydrogen (secondary N) is 1. The van der Waals surface area contributed by atoms with Crippen LogP contribution >= 0.6 is 0 Å². The van der Waals surface area contributed by atoms with Crippen LogP contribution < -0.4 is 11.1 Å². The molecule has 3 N–H and O–H groups in total. The highest BCUT2D eigenvalue weighted by molar-refractivity contribution is 5.96. The number of hydrogen-bond donors (Lipinski definition) is 2. The zero-order chi connectivity index (χ0) is 15.2. The summed E-state index contributed by atoms with van der Waals surface area (Å²) in [6.45, 7) is 2.71. The van der Waals surface area contributed by atoms with Crippen LogP contribution in [0.5, 0.6) is 0 Å². The molecule has 116 valence electrons. The Hall–Kier alpha value is -1.78. The summed E-state index contributed by atoms with van der Waals surface area (Å²) in [6, 6.07) is 2.63. The molecule has 1 aromatic carbocycles. The van der Waals surface area contributed by atoms with Crippen LogP contribution in [0.1, 0.15) is 49.4 Å². The molecule has 1 fully saturated rings. The molecule has 0 atom stereocenters. The van der Waals surface area contributed by atoms with Crippen molar-refractivity contribution in [2.45, 2.75) is 39.0 Å². The lowest BCUT2D eigenvalue weighted by molar-refractivity contribution is 0.0527. The molecule has 2 rings (SSSR count). The number of benzene rings is 1. The monoisotopic (exact) mass is 294 g/mol. The van der Waals surface area contributed by atoms with Crippen LogP contribution in [-0.2, 0) is 4.74 Å². The maximum Gasteiger partial charge on any atom is 0.340 e. The summed E-state index contributed by atoms with van der Waals surface area (Å²) in [5.41, 5.74) is 6.33. The van der Waals surface area contributed by atoms with Crippen molar-refractivity contribution in [2.24, 2.45) is 5.92 Å². The van der Waals surface area contributed by atoms with Crippen molar-refractivity contribution in [3.63, 3.8) is 0 Å². The molecule has 0 amide bonds. The van der Waals surface area contributed by atoms with Crippen molar-refractivity contribution >= 4 is 17.3 Å². The molecule has 0 unspecified atom stereocenters. The van der Waals surface area contributed by atoms with Gasteiger partial charge in [-0.3, -0.25) is 0 Å². The maximum absolute atomic E-state index is 13.9. The Morgan fingerprint density at radius 1 is 1.38 bits per heavy atom. The number of anilines is 2. The zero-order valence-electron chi connectivity index (χ0n) is 12.5. The second-order valence-electron chi connectivity index (χ2n) is 5.52. The van der Waals surface area contributed by atoms with Crippen LogP contribution in [0.15, 0.2) is 12.1 Å². The van der Waals surface area contributed by atoms with E-state index in [-0.39, 0.29) is 17.9 Å². The zero-order valence-corrected chi connectivity index (χ0v) is 12.5. The lowest BCUT2D eigenvalue weighted by Gasteiger charge is -2.22. The first-order valence-electron chi connectivity index (χ1n) is 7.61. The van der Waals surface area contributed by atoms with Gasteiger partial charge in [-0.15, -0.1) is 0 Å². The lowest BCUT2D eigenvalue weighted by atomic mass is 9.89. The summed E-state index contributed by atoms with van der Waals surface area (Å²) in [5.74, 6) is -0.381. The van der Waals surface area contributed by atoms with E-state index in [2.05, 4.69) is 5.32 Å². The van der Waals surface area contributed by atoms with Crippen molar-refractivity contribution < 1.29 is 13.9 Å². The van der Waals surface area contributed by atoms with Crippen LogP contribution in [0.4, 0.5) is 15.8 Å². The van der Waals surface area contributed by atoms with Crippen molar-refractivity contribution in [1.82, 2.24) is 0 Å². The van der Waals surface area contributed by atoms with E-state index in [1.54, 1.807) is 6.92 Å². The number of carbonyl (C=O) groups excluding carboxylic acids is 1. The molecule has 5 heteroatoms. The third-order valence-corrected chi connectivity index (χ3v) is 3.94. The van der Waals surface area contributed by atoms with E-state index >= 15 is 0 Å². The van der Waals surface area contributed by atoms with Crippen molar-refractivity contribution in [2.75, 3.05) is 24.2 Å². The fourth-order valence-corrected chi connectivity index (χ4v) is 2.76. The average molecular weight is 294 g/mol. The average Bonchev–Trinajstić information content (AvgIpc) is 2.47. The van der Waals surface area contributed by atoms with Gasteiger partial charge >= 0.3 is 5.97 Å². The molecule has 1 saturated carbocycles. The Morgan fingerprint density at radius 2 is 2.10 bits per heavy atom. The third-order valence-electron chi connectivity index (χ3n) is 3.94. The smallest absolute Gasteiger partial charge is 0.340 e. The molecular weight excluding hydrogens is 271 g/mol. The van der Waals surface area contributed by atoms with Gasteiger partial charge in [0.25, 0.3) is 0 Å². The van der Waals surface area contributed by atoms with Gasteiger partial charge in [0.05, 0.1) is 17.9 Å². The number of carbonyl (C=O) groups is 1. The third kappa shape index (κ3) is 4.09. The van der Waals surface area contributed by atoms with Gasteiger partial charge in [0.1, 0.15) is 5.82 Å². The van der Waals surface area contributed by atoms with Gasteiger partial charge in [0.2, 0.25) is 0 Å². The molecule has 0 saturated heterocycles. The number of hydrogen-bond acceptors (Lipinski definition) is 4. The first-order valence-corrected chi connectivity index (χ1v) is 7.61. The molecule has 4 nitrogen and oxygen atoms in total. The molecule has 0 heterocycles. The molecule has 1 aliphatic rings. The summed E-state index contributed by atoms with van der Waals surface area (Å²) >= 11 is 0. The van der Waals surface area contributed by atoms with E-state index in [0.717, 1.165) is 6.54 Å². The van der Waals surface area contributed by atoms with Gasteiger partial charge in [0.15, 0.2) is 0 Å². The summed E-state index contributed by atoms with van der Waals surface area (Å²) in [5, 5.41) is 3.11. The molecule has 0 spiro atoms. The number of esters is 1. The normalized spacial score (nSPS) is 15.7. The minimum Gasteiger partial charge on any atom is -0.462 e. The number of nitrogen functional groups attached to an aromatic ring is 1. The van der Waals surface area contributed by atoms with E-state index in [1.807, 2.05) is 0 Å². The van der Waals surface area contributed by atoms with Gasteiger partial charge < -0.3 is 15.8 Å². The molecule has 0 radical (unpaired) electrons. The van der Waals surface area contributed by atoms with E-state index in [1.165, 1.54) is 44.2 Å². The fourth-order valence-electron chi connectivity index (χ4n) is 2.76. The van der Waals surface area contributed by atoms with Crippen molar-refractivity contribution in [3.8, 4) is 0 Å². The predicted molar refractivity (Wildman–Crippen MR) is 81.8 cm³/mol. The van der Waals surface area contributed by atoms with E-state index in [0.29, 0.717) is 11.6 Å². The summed E-state index contributed by atoms with van der Waals surface area (Å²) in [4.78, 5) is 11.8. The minimum absolute atomic E-state index is 0.106. The van der Waals surface area contributed by atoms with E-state index in [9.17, 15) is 9.18 Å². The van der Waals surface area contributed by atoms with E-state index < -0.39 is 11.8 Å². The van der Waals surface area contributed by atoms with Gasteiger partial charge in [0, 0.05) is 12.2 Å². The standard InChI is InChI=1S/C16H23FN2O2/c1-2-21-16(20)12-8-15(13(17)9-14(12)18)19-10-11-6-4-3-5-7-11/h8-9,11,19H,2-7,10,18H2,1H3. The molecule has 21 heavy (non-hydrogen) atoms. The van der Waals surface area contributed by atoms with Crippen LogP contribution in [0.3, 0.4) is 0 Å². The van der Waals surface area contributed by atoms with Crippen molar-refractivity contribution in [3.05, 3.63) is 23.5 Å². The molecular formula is C16H23FN2O2. The molecule has 1 aliphatic carbocycles. The van der Waals surface area contributed by atoms with Crippen LogP contribution in [0.25, 0.3) is 0 Å². The molecule has 0 aliphatic heterocycles. The number of ether oxygens (including phenoxy) is 1. The highest BCUT2D eigenvalue weighted by Crippen LogP contribution is 2.26. The fraction of sp³-hybridized carbons (Fsp3) is 0.562. The summed E-state index contributed by atoms with van der Waals surface area (Å²) in [6.07, 6.45) is 6.12. The Balaban J connectivity index is 2.07. The van der Waals surface area contributed by atoms with Crippen LogP contribution in [0.2, 0.25) is 0 Å². The van der Waals surface area contributed by atoms with Gasteiger partial charge in [-0.2, -0.15) is 0 Å². The number of halogens is 1.